The minimum Gasteiger partial charge on any atom is -0.266 e. The van der Waals surface area contributed by atoms with Crippen molar-refractivity contribution in [2.45, 2.75) is 20.8 Å². The SMILES string of the molecule is Cc1cc(C)c(-c2nn(-c3ccccc3)cc2C=c2sc3nc(-c4ccc(Cl)cc4Cl)nn3c2=O)c(C)c1. The van der Waals surface area contributed by atoms with Gasteiger partial charge in [-0.05, 0) is 68.3 Å². The van der Waals surface area contributed by atoms with Crippen LogP contribution in [0.2, 0.25) is 10.0 Å². The molecule has 0 aliphatic carbocycles. The molecular formula is C29H21Cl2N5OS. The number of aromatic nitrogens is 5. The Bertz CT molecular complexity index is 1930. The number of halogens is 2. The fourth-order valence-electron chi connectivity index (χ4n) is 4.71. The first-order chi connectivity index (χ1) is 18.3. The van der Waals surface area contributed by atoms with E-state index >= 15 is 0 Å². The molecule has 38 heavy (non-hydrogen) atoms. The average molecular weight is 558 g/mol. The number of hydrogen-bond donors (Lipinski definition) is 0. The number of nitrogens with zero attached hydrogens (tertiary/aromatic N) is 5. The maximum Gasteiger partial charge on any atom is 0.291 e. The second kappa shape index (κ2) is 9.51. The molecule has 9 heteroatoms. The van der Waals surface area contributed by atoms with E-state index in [2.05, 4.69) is 43.0 Å². The summed E-state index contributed by atoms with van der Waals surface area (Å²) in [6.07, 6.45) is 3.83. The van der Waals surface area contributed by atoms with Crippen LogP contribution in [0.25, 0.3) is 39.4 Å². The first kappa shape index (κ1) is 24.6. The van der Waals surface area contributed by atoms with Gasteiger partial charge in [0.05, 0.1) is 15.2 Å². The molecule has 3 aromatic heterocycles. The van der Waals surface area contributed by atoms with Gasteiger partial charge in [-0.1, -0.05) is 70.4 Å². The zero-order valence-corrected chi connectivity index (χ0v) is 23.1. The van der Waals surface area contributed by atoms with Gasteiger partial charge in [-0.25, -0.2) is 4.68 Å². The molecule has 188 valence electrons. The zero-order chi connectivity index (χ0) is 26.6. The molecule has 0 saturated carbocycles. The third kappa shape index (κ3) is 4.32. The van der Waals surface area contributed by atoms with E-state index < -0.39 is 0 Å². The van der Waals surface area contributed by atoms with Crippen molar-refractivity contribution in [3.63, 3.8) is 0 Å². The maximum atomic E-state index is 13.4. The van der Waals surface area contributed by atoms with Crippen molar-refractivity contribution in [1.82, 2.24) is 24.4 Å². The fraction of sp³-hybridized carbons (Fsp3) is 0.103. The number of aryl methyl sites for hydroxylation is 3. The standard InChI is InChI=1S/C29H21Cl2N5OS/c1-16-11-17(2)25(18(3)12-16)26-19(15-35(33-26)21-7-5-4-6-8-21)13-24-28(37)36-29(38-24)32-27(34-36)22-10-9-20(30)14-23(22)31/h4-15H,1-3H3. The van der Waals surface area contributed by atoms with Crippen LogP contribution in [0.4, 0.5) is 0 Å². The summed E-state index contributed by atoms with van der Waals surface area (Å²) >= 11 is 13.6. The second-order valence-electron chi connectivity index (χ2n) is 9.16. The summed E-state index contributed by atoms with van der Waals surface area (Å²) in [4.78, 5) is 18.4. The molecule has 0 unspecified atom stereocenters. The van der Waals surface area contributed by atoms with Gasteiger partial charge in [0.2, 0.25) is 4.96 Å². The molecule has 0 aliphatic rings. The Balaban J connectivity index is 1.52. The first-order valence-corrected chi connectivity index (χ1v) is 13.5. The smallest absolute Gasteiger partial charge is 0.266 e. The predicted molar refractivity (Wildman–Crippen MR) is 155 cm³/mol. The van der Waals surface area contributed by atoms with Crippen molar-refractivity contribution in [3.05, 3.63) is 114 Å². The number of thiazole rings is 1. The number of hydrogen-bond acceptors (Lipinski definition) is 5. The van der Waals surface area contributed by atoms with Crippen molar-refractivity contribution in [2.75, 3.05) is 0 Å². The van der Waals surface area contributed by atoms with Gasteiger partial charge in [0.15, 0.2) is 5.82 Å². The van der Waals surface area contributed by atoms with Crippen molar-refractivity contribution in [1.29, 1.82) is 0 Å². The number of rotatable bonds is 4. The summed E-state index contributed by atoms with van der Waals surface area (Å²) < 4.78 is 3.69. The van der Waals surface area contributed by atoms with Gasteiger partial charge in [0.1, 0.15) is 5.69 Å². The van der Waals surface area contributed by atoms with E-state index in [1.807, 2.05) is 47.3 Å². The molecule has 0 N–H and O–H groups in total. The Morgan fingerprint density at radius 2 is 1.66 bits per heavy atom. The molecule has 0 fully saturated rings. The van der Waals surface area contributed by atoms with Crippen LogP contribution in [0.1, 0.15) is 22.3 Å². The fourth-order valence-corrected chi connectivity index (χ4v) is 6.11. The van der Waals surface area contributed by atoms with Crippen molar-refractivity contribution >= 4 is 45.6 Å². The highest BCUT2D eigenvalue weighted by Crippen LogP contribution is 2.32. The molecule has 0 radical (unpaired) electrons. The quantitative estimate of drug-likeness (QED) is 0.250. The van der Waals surface area contributed by atoms with Crippen LogP contribution >= 0.6 is 34.5 Å². The molecule has 0 atom stereocenters. The van der Waals surface area contributed by atoms with E-state index in [-0.39, 0.29) is 5.56 Å². The molecule has 6 rings (SSSR count). The van der Waals surface area contributed by atoms with Crippen LogP contribution < -0.4 is 10.1 Å². The van der Waals surface area contributed by atoms with Gasteiger partial charge in [0.25, 0.3) is 5.56 Å². The minimum absolute atomic E-state index is 0.246. The molecular weight excluding hydrogens is 537 g/mol. The van der Waals surface area contributed by atoms with E-state index in [1.165, 1.54) is 21.4 Å². The van der Waals surface area contributed by atoms with Gasteiger partial charge in [0, 0.05) is 27.9 Å². The van der Waals surface area contributed by atoms with E-state index in [0.717, 1.165) is 33.6 Å². The number of fused-ring (bicyclic) bond motifs is 1. The third-order valence-electron chi connectivity index (χ3n) is 6.32. The lowest BCUT2D eigenvalue weighted by Crippen LogP contribution is -2.23. The molecule has 0 aliphatic heterocycles. The summed E-state index contributed by atoms with van der Waals surface area (Å²) in [5, 5.41) is 10.4. The lowest BCUT2D eigenvalue weighted by molar-refractivity contribution is 0.883. The minimum atomic E-state index is -0.246. The highest BCUT2D eigenvalue weighted by molar-refractivity contribution is 7.15. The van der Waals surface area contributed by atoms with E-state index in [4.69, 9.17) is 28.3 Å². The van der Waals surface area contributed by atoms with E-state index in [9.17, 15) is 4.79 Å². The molecule has 0 saturated heterocycles. The van der Waals surface area contributed by atoms with Crippen LogP contribution in [0, 0.1) is 20.8 Å². The molecule has 0 bridgehead atoms. The molecule has 0 amide bonds. The highest BCUT2D eigenvalue weighted by Gasteiger charge is 2.18. The monoisotopic (exact) mass is 557 g/mol. The molecule has 3 aromatic carbocycles. The lowest BCUT2D eigenvalue weighted by atomic mass is 9.95. The molecule has 0 spiro atoms. The van der Waals surface area contributed by atoms with Gasteiger partial charge in [-0.2, -0.15) is 14.6 Å². The van der Waals surface area contributed by atoms with Crippen LogP contribution in [-0.2, 0) is 0 Å². The van der Waals surface area contributed by atoms with Crippen LogP contribution in [0.3, 0.4) is 0 Å². The second-order valence-corrected chi connectivity index (χ2v) is 11.0. The Morgan fingerprint density at radius 3 is 2.34 bits per heavy atom. The van der Waals surface area contributed by atoms with Crippen LogP contribution in [-0.4, -0.2) is 24.4 Å². The van der Waals surface area contributed by atoms with Crippen molar-refractivity contribution in [3.8, 4) is 28.3 Å². The van der Waals surface area contributed by atoms with Crippen molar-refractivity contribution in [2.24, 2.45) is 0 Å². The summed E-state index contributed by atoms with van der Waals surface area (Å²) in [5.74, 6) is 0.380. The normalized spacial score (nSPS) is 12.1. The Hall–Kier alpha value is -3.78. The van der Waals surface area contributed by atoms with Gasteiger partial charge >= 0.3 is 0 Å². The van der Waals surface area contributed by atoms with Crippen LogP contribution in [0.15, 0.2) is 71.7 Å². The van der Waals surface area contributed by atoms with Crippen LogP contribution in [0.5, 0.6) is 0 Å². The van der Waals surface area contributed by atoms with Gasteiger partial charge < -0.3 is 0 Å². The maximum absolute atomic E-state index is 13.4. The summed E-state index contributed by atoms with van der Waals surface area (Å²) in [6.45, 7) is 6.27. The molecule has 3 heterocycles. The third-order valence-corrected chi connectivity index (χ3v) is 7.82. The Morgan fingerprint density at radius 1 is 0.921 bits per heavy atom. The molecule has 6 aromatic rings. The first-order valence-electron chi connectivity index (χ1n) is 11.9. The van der Waals surface area contributed by atoms with Crippen molar-refractivity contribution < 1.29 is 0 Å². The van der Waals surface area contributed by atoms with E-state index in [1.54, 1.807) is 18.2 Å². The summed E-state index contributed by atoms with van der Waals surface area (Å²) in [7, 11) is 0. The zero-order valence-electron chi connectivity index (χ0n) is 20.7. The van der Waals surface area contributed by atoms with Gasteiger partial charge in [-0.3, -0.25) is 4.79 Å². The number of benzene rings is 3. The predicted octanol–water partition coefficient (Wildman–Crippen LogP) is 6.45. The average Bonchev–Trinajstić information content (AvgIpc) is 3.55. The largest absolute Gasteiger partial charge is 0.291 e. The molecule has 6 nitrogen and oxygen atoms in total. The Kier molecular flexibility index (Phi) is 6.14. The van der Waals surface area contributed by atoms with E-state index in [0.29, 0.717) is 30.9 Å². The summed E-state index contributed by atoms with van der Waals surface area (Å²) in [6, 6.07) is 19.3. The highest BCUT2D eigenvalue weighted by atomic mass is 35.5. The summed E-state index contributed by atoms with van der Waals surface area (Å²) in [5.41, 5.74) is 7.48. The topological polar surface area (TPSA) is 65.1 Å². The lowest BCUT2D eigenvalue weighted by Gasteiger charge is -2.10. The van der Waals surface area contributed by atoms with Gasteiger partial charge in [-0.15, -0.1) is 5.10 Å². The Labute approximate surface area is 232 Å². The number of para-hydroxylation sites is 1.